The molecule has 0 radical (unpaired) electrons. The minimum atomic E-state index is 0.211. The van der Waals surface area contributed by atoms with Gasteiger partial charge in [0.05, 0.1) is 11.9 Å². The summed E-state index contributed by atoms with van der Waals surface area (Å²) >= 11 is 0. The third kappa shape index (κ3) is 2.05. The van der Waals surface area contributed by atoms with Crippen molar-refractivity contribution in [2.45, 2.75) is 25.7 Å². The van der Waals surface area contributed by atoms with Gasteiger partial charge in [-0.2, -0.15) is 0 Å². The summed E-state index contributed by atoms with van der Waals surface area (Å²) in [6, 6.07) is 0. The molecule has 0 unspecified atom stereocenters. The summed E-state index contributed by atoms with van der Waals surface area (Å²) in [4.78, 5) is 19.5. The van der Waals surface area contributed by atoms with Crippen LogP contribution in [0.1, 0.15) is 31.4 Å². The Morgan fingerprint density at radius 1 is 1.14 bits per heavy atom. The van der Waals surface area contributed by atoms with Crippen molar-refractivity contribution in [3.63, 3.8) is 0 Å². The molecule has 0 saturated heterocycles. The lowest BCUT2D eigenvalue weighted by Crippen LogP contribution is -1.92. The SMILES string of the molecule is O=C1C=C(c2cnccn2)CCCC1. The fourth-order valence-electron chi connectivity index (χ4n) is 1.62. The number of ketones is 1. The molecule has 2 rings (SSSR count). The Balaban J connectivity index is 2.28. The van der Waals surface area contributed by atoms with Crippen molar-refractivity contribution < 1.29 is 4.79 Å². The highest BCUT2D eigenvalue weighted by atomic mass is 16.1. The number of allylic oxidation sites excluding steroid dienone is 2. The second-order valence-electron chi connectivity index (χ2n) is 3.43. The van der Waals surface area contributed by atoms with Gasteiger partial charge in [0.1, 0.15) is 0 Å². The van der Waals surface area contributed by atoms with Crippen LogP contribution in [0.5, 0.6) is 0 Å². The van der Waals surface area contributed by atoms with Crippen LogP contribution in [0.25, 0.3) is 5.57 Å². The Hall–Kier alpha value is -1.51. The van der Waals surface area contributed by atoms with Crippen molar-refractivity contribution in [1.82, 2.24) is 9.97 Å². The van der Waals surface area contributed by atoms with Crippen molar-refractivity contribution in [2.24, 2.45) is 0 Å². The Morgan fingerprint density at radius 3 is 2.79 bits per heavy atom. The molecule has 1 heterocycles. The molecule has 1 aromatic rings. The number of aromatic nitrogens is 2. The first-order chi connectivity index (χ1) is 6.86. The first kappa shape index (κ1) is 9.06. The number of nitrogens with zero attached hydrogens (tertiary/aromatic N) is 2. The molecule has 0 fully saturated rings. The molecule has 72 valence electrons. The van der Waals surface area contributed by atoms with Crippen LogP contribution in [0.4, 0.5) is 0 Å². The third-order valence-corrected chi connectivity index (χ3v) is 2.35. The molecule has 0 spiro atoms. The highest BCUT2D eigenvalue weighted by Gasteiger charge is 2.10. The molecular weight excluding hydrogens is 176 g/mol. The summed E-state index contributed by atoms with van der Waals surface area (Å²) in [5.41, 5.74) is 1.86. The maximum absolute atomic E-state index is 11.3. The van der Waals surface area contributed by atoms with E-state index in [1.54, 1.807) is 24.7 Å². The van der Waals surface area contributed by atoms with E-state index in [-0.39, 0.29) is 5.78 Å². The van der Waals surface area contributed by atoms with E-state index in [1.165, 1.54) is 0 Å². The smallest absolute Gasteiger partial charge is 0.156 e. The summed E-state index contributed by atoms with van der Waals surface area (Å²) in [5.74, 6) is 0.211. The molecule has 1 aromatic heterocycles. The molecule has 0 saturated carbocycles. The van der Waals surface area contributed by atoms with Gasteiger partial charge in [-0.1, -0.05) is 0 Å². The van der Waals surface area contributed by atoms with Crippen LogP contribution in [0.3, 0.4) is 0 Å². The van der Waals surface area contributed by atoms with Crippen LogP contribution in [-0.2, 0) is 4.79 Å². The third-order valence-electron chi connectivity index (χ3n) is 2.35. The largest absolute Gasteiger partial charge is 0.295 e. The monoisotopic (exact) mass is 188 g/mol. The average Bonchev–Trinajstić information content (AvgIpc) is 2.44. The fraction of sp³-hybridized carbons (Fsp3) is 0.364. The molecule has 0 aromatic carbocycles. The van der Waals surface area contributed by atoms with E-state index in [9.17, 15) is 4.79 Å². The van der Waals surface area contributed by atoms with Gasteiger partial charge in [-0.05, 0) is 30.9 Å². The highest BCUT2D eigenvalue weighted by Crippen LogP contribution is 2.22. The van der Waals surface area contributed by atoms with E-state index in [4.69, 9.17) is 0 Å². The highest BCUT2D eigenvalue weighted by molar-refractivity contribution is 5.96. The zero-order valence-corrected chi connectivity index (χ0v) is 7.94. The molecule has 0 aliphatic heterocycles. The average molecular weight is 188 g/mol. The van der Waals surface area contributed by atoms with Crippen LogP contribution >= 0.6 is 0 Å². The second kappa shape index (κ2) is 4.13. The van der Waals surface area contributed by atoms with E-state index < -0.39 is 0 Å². The van der Waals surface area contributed by atoms with Crippen LogP contribution < -0.4 is 0 Å². The first-order valence-electron chi connectivity index (χ1n) is 4.86. The van der Waals surface area contributed by atoms with E-state index in [0.29, 0.717) is 6.42 Å². The van der Waals surface area contributed by atoms with Gasteiger partial charge >= 0.3 is 0 Å². The summed E-state index contributed by atoms with van der Waals surface area (Å²) in [6.45, 7) is 0. The lowest BCUT2D eigenvalue weighted by atomic mass is 10.1. The molecule has 0 bridgehead atoms. The predicted molar refractivity (Wildman–Crippen MR) is 53.5 cm³/mol. The Morgan fingerprint density at radius 2 is 2.00 bits per heavy atom. The maximum Gasteiger partial charge on any atom is 0.156 e. The number of carbonyl (C=O) groups is 1. The first-order valence-corrected chi connectivity index (χ1v) is 4.86. The fourth-order valence-corrected chi connectivity index (χ4v) is 1.62. The topological polar surface area (TPSA) is 42.9 Å². The van der Waals surface area contributed by atoms with Crippen molar-refractivity contribution >= 4 is 11.4 Å². The second-order valence-corrected chi connectivity index (χ2v) is 3.43. The van der Waals surface area contributed by atoms with Gasteiger partial charge in [0.25, 0.3) is 0 Å². The molecule has 0 atom stereocenters. The lowest BCUT2D eigenvalue weighted by molar-refractivity contribution is -0.114. The van der Waals surface area contributed by atoms with Gasteiger partial charge in [-0.15, -0.1) is 0 Å². The zero-order chi connectivity index (χ0) is 9.80. The summed E-state index contributed by atoms with van der Waals surface area (Å²) in [5, 5.41) is 0. The number of carbonyl (C=O) groups excluding carboxylic acids is 1. The van der Waals surface area contributed by atoms with Crippen molar-refractivity contribution in [3.05, 3.63) is 30.4 Å². The van der Waals surface area contributed by atoms with Gasteiger partial charge in [0.2, 0.25) is 0 Å². The van der Waals surface area contributed by atoms with Gasteiger partial charge in [-0.25, -0.2) is 0 Å². The zero-order valence-electron chi connectivity index (χ0n) is 7.94. The summed E-state index contributed by atoms with van der Waals surface area (Å²) < 4.78 is 0. The summed E-state index contributed by atoms with van der Waals surface area (Å²) in [6.07, 6.45) is 10.4. The van der Waals surface area contributed by atoms with Gasteiger partial charge in [0, 0.05) is 18.8 Å². The lowest BCUT2D eigenvalue weighted by Gasteiger charge is -2.01. The Kier molecular flexibility index (Phi) is 2.68. The van der Waals surface area contributed by atoms with E-state index >= 15 is 0 Å². The normalized spacial score (nSPS) is 17.4. The molecule has 0 N–H and O–H groups in total. The van der Waals surface area contributed by atoms with E-state index in [2.05, 4.69) is 9.97 Å². The molecule has 3 heteroatoms. The minimum Gasteiger partial charge on any atom is -0.295 e. The van der Waals surface area contributed by atoms with E-state index in [1.807, 2.05) is 0 Å². The molecule has 1 aliphatic carbocycles. The molecular formula is C11H12N2O. The summed E-state index contributed by atoms with van der Waals surface area (Å²) in [7, 11) is 0. The Labute approximate surface area is 82.9 Å². The van der Waals surface area contributed by atoms with Gasteiger partial charge in [0.15, 0.2) is 5.78 Å². The number of hydrogen-bond acceptors (Lipinski definition) is 3. The van der Waals surface area contributed by atoms with Crippen molar-refractivity contribution in [3.8, 4) is 0 Å². The molecule has 3 nitrogen and oxygen atoms in total. The van der Waals surface area contributed by atoms with Crippen molar-refractivity contribution in [1.29, 1.82) is 0 Å². The molecule has 1 aliphatic rings. The van der Waals surface area contributed by atoms with E-state index in [0.717, 1.165) is 30.5 Å². The van der Waals surface area contributed by atoms with Crippen molar-refractivity contribution in [2.75, 3.05) is 0 Å². The standard InChI is InChI=1S/C11H12N2O/c14-10-4-2-1-3-9(7-10)11-8-12-5-6-13-11/h5-8H,1-4H2. The molecule has 14 heavy (non-hydrogen) atoms. The molecule has 0 amide bonds. The predicted octanol–water partition coefficient (Wildman–Crippen LogP) is 2.00. The number of hydrogen-bond donors (Lipinski definition) is 0. The van der Waals surface area contributed by atoms with Crippen LogP contribution in [0.15, 0.2) is 24.7 Å². The van der Waals surface area contributed by atoms with Gasteiger partial charge in [-0.3, -0.25) is 14.8 Å². The number of rotatable bonds is 1. The van der Waals surface area contributed by atoms with Crippen LogP contribution in [-0.4, -0.2) is 15.8 Å². The Bertz CT molecular complexity index is 357. The quantitative estimate of drug-likeness (QED) is 0.677. The van der Waals surface area contributed by atoms with Crippen LogP contribution in [0, 0.1) is 0 Å². The van der Waals surface area contributed by atoms with Crippen LogP contribution in [0.2, 0.25) is 0 Å². The maximum atomic E-state index is 11.3. The minimum absolute atomic E-state index is 0.211. The van der Waals surface area contributed by atoms with Gasteiger partial charge < -0.3 is 0 Å².